The van der Waals surface area contributed by atoms with Crippen molar-refractivity contribution in [2.24, 2.45) is 5.73 Å². The Morgan fingerprint density at radius 1 is 1.88 bits per heavy atom. The van der Waals surface area contributed by atoms with E-state index in [2.05, 4.69) is 12.5 Å². The summed E-state index contributed by atoms with van der Waals surface area (Å²) in [4.78, 5) is 10.1. The average Bonchev–Trinajstić information content (AvgIpc) is 1.67. The smallest absolute Gasteiger partial charge is 0.244 e. The molecule has 0 aromatic carbocycles. The summed E-state index contributed by atoms with van der Waals surface area (Å²) >= 11 is 0. The van der Waals surface area contributed by atoms with E-state index in [9.17, 15) is 4.79 Å². The van der Waals surface area contributed by atoms with Crippen LogP contribution in [-0.2, 0) is 4.79 Å². The molecular formula is C6H7NO. The third-order valence-corrected chi connectivity index (χ3v) is 0.664. The summed E-state index contributed by atoms with van der Waals surface area (Å²) in [7, 11) is 0. The molecule has 0 bridgehead atoms. The molecule has 42 valence electrons. The van der Waals surface area contributed by atoms with Crippen molar-refractivity contribution in [2.45, 2.75) is 6.42 Å². The lowest BCUT2D eigenvalue weighted by Gasteiger charge is -1.89. The first-order valence-electron chi connectivity index (χ1n) is 2.09. The minimum absolute atomic E-state index is 0.245. The molecule has 0 atom stereocenters. The molecule has 8 heavy (non-hydrogen) atoms. The van der Waals surface area contributed by atoms with Crippen LogP contribution in [0.25, 0.3) is 0 Å². The highest BCUT2D eigenvalue weighted by atomic mass is 16.1. The second-order valence-corrected chi connectivity index (χ2v) is 1.35. The maximum atomic E-state index is 10.1. The van der Waals surface area contributed by atoms with E-state index in [4.69, 9.17) is 12.2 Å². The molecule has 2 heteroatoms. The van der Waals surface area contributed by atoms with Crippen LogP contribution in [0.3, 0.4) is 0 Å². The van der Waals surface area contributed by atoms with Crippen molar-refractivity contribution in [1.82, 2.24) is 0 Å². The largest absolute Gasteiger partial charge is 0.366 e. The van der Waals surface area contributed by atoms with E-state index in [1.54, 1.807) is 0 Å². The number of hydrogen-bond acceptors (Lipinski definition) is 1. The van der Waals surface area contributed by atoms with Gasteiger partial charge >= 0.3 is 0 Å². The lowest BCUT2D eigenvalue weighted by molar-refractivity contribution is -0.114. The van der Waals surface area contributed by atoms with Gasteiger partial charge in [0.2, 0.25) is 5.91 Å². The number of nitrogens with two attached hydrogens (primary N) is 1. The molecule has 0 spiro atoms. The Kier molecular flexibility index (Phi) is 2.42. The number of primary amides is 1. The zero-order chi connectivity index (χ0) is 6.57. The van der Waals surface area contributed by atoms with Gasteiger partial charge < -0.3 is 5.73 Å². The van der Waals surface area contributed by atoms with Gasteiger partial charge in [-0.3, -0.25) is 4.79 Å². The maximum Gasteiger partial charge on any atom is 0.244 e. The molecule has 0 aromatic heterocycles. The van der Waals surface area contributed by atoms with Gasteiger partial charge in [-0.1, -0.05) is 6.58 Å². The van der Waals surface area contributed by atoms with E-state index in [1.807, 2.05) is 0 Å². The Balaban J connectivity index is 3.71. The van der Waals surface area contributed by atoms with Crippen molar-refractivity contribution in [1.29, 1.82) is 0 Å². The van der Waals surface area contributed by atoms with E-state index in [-0.39, 0.29) is 12.0 Å². The molecule has 0 aliphatic carbocycles. The fraction of sp³-hybridized carbons (Fsp3) is 0.167. The van der Waals surface area contributed by atoms with E-state index in [0.717, 1.165) is 0 Å². The highest BCUT2D eigenvalue weighted by molar-refractivity contribution is 5.91. The molecule has 2 N–H and O–H groups in total. The third-order valence-electron chi connectivity index (χ3n) is 0.664. The van der Waals surface area contributed by atoms with Gasteiger partial charge in [0.1, 0.15) is 0 Å². The van der Waals surface area contributed by atoms with Gasteiger partial charge in [-0.2, -0.15) is 0 Å². The van der Waals surface area contributed by atoms with Crippen LogP contribution in [0.2, 0.25) is 0 Å². The van der Waals surface area contributed by atoms with Crippen LogP contribution in [0.1, 0.15) is 6.42 Å². The molecule has 0 fully saturated rings. The van der Waals surface area contributed by atoms with Crippen molar-refractivity contribution in [3.8, 4) is 12.3 Å². The lowest BCUT2D eigenvalue weighted by Crippen LogP contribution is -2.12. The van der Waals surface area contributed by atoms with Crippen LogP contribution in [0, 0.1) is 12.3 Å². The number of amides is 1. The summed E-state index contributed by atoms with van der Waals surface area (Å²) in [6.45, 7) is 3.33. The predicted molar refractivity (Wildman–Crippen MR) is 31.8 cm³/mol. The van der Waals surface area contributed by atoms with Gasteiger partial charge in [0.05, 0.1) is 0 Å². The topological polar surface area (TPSA) is 43.1 Å². The third kappa shape index (κ3) is 2.04. The van der Waals surface area contributed by atoms with Gasteiger partial charge in [-0.25, -0.2) is 0 Å². The lowest BCUT2D eigenvalue weighted by atomic mass is 10.2. The van der Waals surface area contributed by atoms with Crippen LogP contribution in [0.4, 0.5) is 0 Å². The molecule has 0 saturated carbocycles. The normalized spacial score (nSPS) is 7.38. The molecule has 0 aromatic rings. The number of terminal acetylenes is 1. The Morgan fingerprint density at radius 3 is 2.50 bits per heavy atom. The standard InChI is InChI=1S/C6H7NO/c1-3-4-5(2)6(7)8/h1H,2,4H2,(H2,7,8). The Hall–Kier alpha value is -1.23. The summed E-state index contributed by atoms with van der Waals surface area (Å²) < 4.78 is 0. The van der Waals surface area contributed by atoms with E-state index in [1.165, 1.54) is 0 Å². The van der Waals surface area contributed by atoms with Crippen LogP contribution < -0.4 is 5.73 Å². The van der Waals surface area contributed by atoms with Crippen molar-refractivity contribution in [3.05, 3.63) is 12.2 Å². The number of carbonyl (C=O) groups is 1. The van der Waals surface area contributed by atoms with Crippen molar-refractivity contribution >= 4 is 5.91 Å². The molecule has 0 radical (unpaired) electrons. The van der Waals surface area contributed by atoms with Gasteiger partial charge in [-0.15, -0.1) is 12.3 Å². The number of rotatable bonds is 2. The summed E-state index contributed by atoms with van der Waals surface area (Å²) in [5, 5.41) is 0. The molecule has 0 heterocycles. The quantitative estimate of drug-likeness (QED) is 0.395. The number of hydrogen-bond donors (Lipinski definition) is 1. The first kappa shape index (κ1) is 6.77. The predicted octanol–water partition coefficient (Wildman–Crippen LogP) is 0.0512. The minimum Gasteiger partial charge on any atom is -0.366 e. The van der Waals surface area contributed by atoms with Crippen LogP contribution >= 0.6 is 0 Å². The average molecular weight is 109 g/mol. The SMILES string of the molecule is C#CCC(=C)C(N)=O. The van der Waals surface area contributed by atoms with E-state index in [0.29, 0.717) is 0 Å². The van der Waals surface area contributed by atoms with Gasteiger partial charge in [0.15, 0.2) is 0 Å². The van der Waals surface area contributed by atoms with Crippen LogP contribution in [0.5, 0.6) is 0 Å². The zero-order valence-electron chi connectivity index (χ0n) is 4.48. The zero-order valence-corrected chi connectivity index (χ0v) is 4.48. The number of carbonyl (C=O) groups excluding carboxylic acids is 1. The summed E-state index contributed by atoms with van der Waals surface area (Å²) in [6.07, 6.45) is 5.09. The molecular weight excluding hydrogens is 102 g/mol. The Labute approximate surface area is 48.4 Å². The molecule has 0 rings (SSSR count). The van der Waals surface area contributed by atoms with Gasteiger partial charge in [0, 0.05) is 12.0 Å². The Morgan fingerprint density at radius 2 is 2.38 bits per heavy atom. The second kappa shape index (κ2) is 2.86. The van der Waals surface area contributed by atoms with Crippen LogP contribution in [-0.4, -0.2) is 5.91 Å². The van der Waals surface area contributed by atoms with Gasteiger partial charge in [0.25, 0.3) is 0 Å². The highest BCUT2D eigenvalue weighted by Crippen LogP contribution is 1.91. The van der Waals surface area contributed by atoms with Gasteiger partial charge in [-0.05, 0) is 0 Å². The fourth-order valence-electron chi connectivity index (χ4n) is 0.210. The summed E-state index contributed by atoms with van der Waals surface area (Å²) in [5.41, 5.74) is 5.07. The minimum atomic E-state index is -0.525. The fourth-order valence-corrected chi connectivity index (χ4v) is 0.210. The van der Waals surface area contributed by atoms with E-state index < -0.39 is 5.91 Å². The maximum absolute atomic E-state index is 10.1. The molecule has 0 unspecified atom stereocenters. The summed E-state index contributed by atoms with van der Waals surface area (Å²) in [5.74, 6) is 1.72. The molecule has 0 aliphatic rings. The second-order valence-electron chi connectivity index (χ2n) is 1.35. The van der Waals surface area contributed by atoms with Crippen molar-refractivity contribution in [2.75, 3.05) is 0 Å². The molecule has 2 nitrogen and oxygen atoms in total. The molecule has 0 saturated heterocycles. The van der Waals surface area contributed by atoms with E-state index >= 15 is 0 Å². The highest BCUT2D eigenvalue weighted by Gasteiger charge is 1.95. The molecule has 0 aliphatic heterocycles. The first-order valence-corrected chi connectivity index (χ1v) is 2.09. The van der Waals surface area contributed by atoms with Crippen molar-refractivity contribution in [3.63, 3.8) is 0 Å². The molecule has 1 amide bonds. The Bertz CT molecular complexity index is 152. The summed E-state index contributed by atoms with van der Waals surface area (Å²) in [6, 6.07) is 0. The first-order chi connectivity index (χ1) is 3.68. The van der Waals surface area contributed by atoms with Crippen molar-refractivity contribution < 1.29 is 4.79 Å². The van der Waals surface area contributed by atoms with Crippen LogP contribution in [0.15, 0.2) is 12.2 Å². The monoisotopic (exact) mass is 109 g/mol.